The van der Waals surface area contributed by atoms with Crippen molar-refractivity contribution in [3.8, 4) is 0 Å². The van der Waals surface area contributed by atoms with Gasteiger partial charge in [-0.25, -0.2) is 0 Å². The molecule has 0 aliphatic carbocycles. The highest BCUT2D eigenvalue weighted by Crippen LogP contribution is 2.32. The molecule has 21 heavy (non-hydrogen) atoms. The first-order valence-electron chi connectivity index (χ1n) is 5.76. The highest BCUT2D eigenvalue weighted by molar-refractivity contribution is 6.34. The second-order valence-corrected chi connectivity index (χ2v) is 4.48. The molecule has 9 heteroatoms. The number of amides is 1. The molecular formula is C12H11ClN4O4. The summed E-state index contributed by atoms with van der Waals surface area (Å²) in [5.74, 6) is 4.69. The van der Waals surface area contributed by atoms with E-state index in [1.165, 1.54) is 18.6 Å². The van der Waals surface area contributed by atoms with E-state index in [1.807, 2.05) is 0 Å². The number of furan rings is 1. The van der Waals surface area contributed by atoms with Crippen LogP contribution in [0.3, 0.4) is 0 Å². The van der Waals surface area contributed by atoms with Crippen molar-refractivity contribution in [1.29, 1.82) is 0 Å². The molecule has 110 valence electrons. The van der Waals surface area contributed by atoms with Gasteiger partial charge in [0.15, 0.2) is 0 Å². The van der Waals surface area contributed by atoms with Crippen molar-refractivity contribution in [2.75, 3.05) is 5.43 Å². The number of hydrogen-bond acceptors (Lipinski definition) is 6. The quantitative estimate of drug-likeness (QED) is 0.441. The Bertz CT molecular complexity index is 672. The summed E-state index contributed by atoms with van der Waals surface area (Å²) >= 11 is 5.88. The van der Waals surface area contributed by atoms with Gasteiger partial charge in [0.05, 0.1) is 22.5 Å². The maximum Gasteiger partial charge on any atom is 0.295 e. The van der Waals surface area contributed by atoms with E-state index in [1.54, 1.807) is 6.07 Å². The average Bonchev–Trinajstić information content (AvgIpc) is 2.96. The average molecular weight is 311 g/mol. The van der Waals surface area contributed by atoms with Gasteiger partial charge < -0.3 is 15.2 Å². The van der Waals surface area contributed by atoms with Gasteiger partial charge in [0, 0.05) is 23.7 Å². The van der Waals surface area contributed by atoms with Gasteiger partial charge in [-0.1, -0.05) is 11.6 Å². The molecule has 1 aromatic carbocycles. The van der Waals surface area contributed by atoms with Crippen LogP contribution < -0.4 is 16.6 Å². The number of nitrogens with zero attached hydrogens (tertiary/aromatic N) is 1. The Balaban J connectivity index is 2.23. The van der Waals surface area contributed by atoms with Crippen LogP contribution >= 0.6 is 11.6 Å². The summed E-state index contributed by atoms with van der Waals surface area (Å²) < 4.78 is 4.87. The molecule has 1 heterocycles. The highest BCUT2D eigenvalue weighted by atomic mass is 35.5. The van der Waals surface area contributed by atoms with E-state index in [2.05, 4.69) is 10.7 Å². The summed E-state index contributed by atoms with van der Waals surface area (Å²) in [4.78, 5) is 22.3. The number of nitrogen functional groups attached to an aromatic ring is 1. The Kier molecular flexibility index (Phi) is 4.41. The number of hydrazine groups is 1. The fourth-order valence-electron chi connectivity index (χ4n) is 1.69. The number of halogens is 1. The summed E-state index contributed by atoms with van der Waals surface area (Å²) in [5, 5.41) is 13.5. The van der Waals surface area contributed by atoms with Crippen LogP contribution in [-0.4, -0.2) is 10.8 Å². The largest absolute Gasteiger partial charge is 0.472 e. The Hall–Kier alpha value is -2.58. The van der Waals surface area contributed by atoms with Gasteiger partial charge in [-0.2, -0.15) is 0 Å². The second kappa shape index (κ2) is 6.25. The molecule has 4 N–H and O–H groups in total. The summed E-state index contributed by atoms with van der Waals surface area (Å²) in [6.07, 6.45) is 2.96. The fourth-order valence-corrected chi connectivity index (χ4v) is 1.96. The number of nitrogens with one attached hydrogen (secondary N) is 2. The minimum Gasteiger partial charge on any atom is -0.472 e. The normalized spacial score (nSPS) is 10.2. The SMILES string of the molecule is NNc1c(Cl)cc(C(=O)NCc2ccoc2)cc1[N+](=O)[O-]. The Labute approximate surface area is 124 Å². The molecule has 0 fully saturated rings. The topological polar surface area (TPSA) is 123 Å². The molecule has 0 saturated carbocycles. The minimum atomic E-state index is -0.673. The number of nitrogens with two attached hydrogens (primary N) is 1. The maximum absolute atomic E-state index is 12.0. The fraction of sp³-hybridized carbons (Fsp3) is 0.0833. The monoisotopic (exact) mass is 310 g/mol. The molecule has 0 spiro atoms. The Morgan fingerprint density at radius 3 is 2.81 bits per heavy atom. The summed E-state index contributed by atoms with van der Waals surface area (Å²) in [7, 11) is 0. The van der Waals surface area contributed by atoms with Gasteiger partial charge in [-0.05, 0) is 12.1 Å². The van der Waals surface area contributed by atoms with Gasteiger partial charge in [0.1, 0.15) is 5.69 Å². The number of anilines is 1. The molecule has 2 aromatic rings. The van der Waals surface area contributed by atoms with E-state index < -0.39 is 10.8 Å². The van der Waals surface area contributed by atoms with Crippen molar-refractivity contribution in [2.45, 2.75) is 6.54 Å². The van der Waals surface area contributed by atoms with E-state index in [9.17, 15) is 14.9 Å². The maximum atomic E-state index is 12.0. The van der Waals surface area contributed by atoms with Gasteiger partial charge in [0.2, 0.25) is 0 Å². The summed E-state index contributed by atoms with van der Waals surface area (Å²) in [6, 6.07) is 4.09. The predicted octanol–water partition coefficient (Wildman–Crippen LogP) is 2.06. The Morgan fingerprint density at radius 2 is 2.24 bits per heavy atom. The van der Waals surface area contributed by atoms with Gasteiger partial charge in [-0.3, -0.25) is 20.8 Å². The lowest BCUT2D eigenvalue weighted by Gasteiger charge is -2.08. The third kappa shape index (κ3) is 3.30. The standard InChI is InChI=1S/C12H11ClN4O4/c13-9-3-8(4-10(17(19)20)11(9)16-14)12(18)15-5-7-1-2-21-6-7/h1-4,6,16H,5,14H2,(H,15,18). The van der Waals surface area contributed by atoms with Crippen molar-refractivity contribution in [2.24, 2.45) is 5.84 Å². The van der Waals surface area contributed by atoms with E-state index in [4.69, 9.17) is 21.9 Å². The number of nitro groups is 1. The van der Waals surface area contributed by atoms with E-state index in [0.717, 1.165) is 11.6 Å². The number of benzene rings is 1. The van der Waals surface area contributed by atoms with Crippen LogP contribution in [0.4, 0.5) is 11.4 Å². The lowest BCUT2D eigenvalue weighted by atomic mass is 10.1. The molecule has 0 aliphatic heterocycles. The lowest BCUT2D eigenvalue weighted by molar-refractivity contribution is -0.384. The van der Waals surface area contributed by atoms with Gasteiger partial charge in [0.25, 0.3) is 11.6 Å². The highest BCUT2D eigenvalue weighted by Gasteiger charge is 2.20. The number of carbonyl (C=O) groups is 1. The van der Waals surface area contributed by atoms with Crippen LogP contribution in [0.1, 0.15) is 15.9 Å². The van der Waals surface area contributed by atoms with E-state index in [-0.39, 0.29) is 28.5 Å². The summed E-state index contributed by atoms with van der Waals surface area (Å²) in [6.45, 7) is 0.234. The zero-order chi connectivity index (χ0) is 15.4. The van der Waals surface area contributed by atoms with Crippen LogP contribution in [0.2, 0.25) is 5.02 Å². The van der Waals surface area contributed by atoms with E-state index in [0.29, 0.717) is 0 Å². The molecule has 2 rings (SSSR count). The zero-order valence-corrected chi connectivity index (χ0v) is 11.4. The number of nitro benzene ring substituents is 1. The molecule has 0 atom stereocenters. The third-order valence-electron chi connectivity index (χ3n) is 2.71. The van der Waals surface area contributed by atoms with E-state index >= 15 is 0 Å². The molecule has 0 bridgehead atoms. The first-order valence-corrected chi connectivity index (χ1v) is 6.14. The zero-order valence-electron chi connectivity index (χ0n) is 10.6. The van der Waals surface area contributed by atoms with Crippen molar-refractivity contribution in [1.82, 2.24) is 5.32 Å². The summed E-state index contributed by atoms with van der Waals surface area (Å²) in [5.41, 5.74) is 2.56. The first-order chi connectivity index (χ1) is 10.0. The van der Waals surface area contributed by atoms with Crippen molar-refractivity contribution >= 4 is 28.9 Å². The molecule has 0 radical (unpaired) electrons. The van der Waals surface area contributed by atoms with Crippen LogP contribution in [0.25, 0.3) is 0 Å². The first kappa shape index (κ1) is 14.8. The minimum absolute atomic E-state index is 0.0137. The van der Waals surface area contributed by atoms with Gasteiger partial charge >= 0.3 is 0 Å². The predicted molar refractivity (Wildman–Crippen MR) is 75.8 cm³/mol. The molecular weight excluding hydrogens is 300 g/mol. The molecule has 0 aliphatic rings. The molecule has 0 unspecified atom stereocenters. The number of rotatable bonds is 5. The van der Waals surface area contributed by atoms with Crippen LogP contribution in [-0.2, 0) is 6.54 Å². The Morgan fingerprint density at radius 1 is 1.48 bits per heavy atom. The van der Waals surface area contributed by atoms with Crippen molar-refractivity contribution in [3.63, 3.8) is 0 Å². The van der Waals surface area contributed by atoms with Crippen LogP contribution in [0.5, 0.6) is 0 Å². The molecule has 8 nitrogen and oxygen atoms in total. The second-order valence-electron chi connectivity index (χ2n) is 4.07. The molecule has 0 saturated heterocycles. The van der Waals surface area contributed by atoms with Crippen LogP contribution in [0.15, 0.2) is 35.1 Å². The number of carbonyl (C=O) groups excluding carboxylic acids is 1. The molecule has 1 aromatic heterocycles. The lowest BCUT2D eigenvalue weighted by Crippen LogP contribution is -2.23. The van der Waals surface area contributed by atoms with Crippen molar-refractivity contribution in [3.05, 3.63) is 57.0 Å². The van der Waals surface area contributed by atoms with Crippen LogP contribution in [0, 0.1) is 10.1 Å². The third-order valence-corrected chi connectivity index (χ3v) is 3.00. The van der Waals surface area contributed by atoms with Crippen molar-refractivity contribution < 1.29 is 14.1 Å². The molecule has 1 amide bonds. The smallest absolute Gasteiger partial charge is 0.295 e. The number of hydrogen-bond donors (Lipinski definition) is 3. The van der Waals surface area contributed by atoms with Gasteiger partial charge in [-0.15, -0.1) is 0 Å².